The van der Waals surface area contributed by atoms with E-state index in [1.807, 2.05) is 6.92 Å². The molecule has 0 bridgehead atoms. The van der Waals surface area contributed by atoms with Gasteiger partial charge in [0.2, 0.25) is 0 Å². The van der Waals surface area contributed by atoms with E-state index in [0.717, 1.165) is 12.8 Å². The summed E-state index contributed by atoms with van der Waals surface area (Å²) < 4.78 is 4.89. The molecule has 1 aliphatic heterocycles. The third kappa shape index (κ3) is 2.64. The molecule has 2 unspecified atom stereocenters. The fourth-order valence-corrected chi connectivity index (χ4v) is 1.50. The van der Waals surface area contributed by atoms with Gasteiger partial charge in [0.05, 0.1) is 18.0 Å². The molecule has 0 spiro atoms. The number of halogens is 1. The first kappa shape index (κ1) is 9.81. The molecule has 0 aromatic rings. The van der Waals surface area contributed by atoms with Crippen molar-refractivity contribution in [3.63, 3.8) is 0 Å². The topological polar surface area (TPSA) is 38.3 Å². The molecule has 0 aliphatic carbocycles. The zero-order valence-corrected chi connectivity index (χ0v) is 7.93. The predicted octanol–water partition coefficient (Wildman–Crippen LogP) is 1.11. The lowest BCUT2D eigenvalue weighted by atomic mass is 10.00. The largest absolute Gasteiger partial charge is 0.466 e. The van der Waals surface area contributed by atoms with Crippen LogP contribution in [0.15, 0.2) is 0 Å². The lowest BCUT2D eigenvalue weighted by Gasteiger charge is -2.24. The van der Waals surface area contributed by atoms with Gasteiger partial charge >= 0.3 is 5.97 Å². The number of nitrogens with one attached hydrogen (secondary N) is 1. The summed E-state index contributed by atoms with van der Waals surface area (Å²) in [7, 11) is 0. The van der Waals surface area contributed by atoms with E-state index in [1.54, 1.807) is 0 Å². The molecule has 0 aromatic heterocycles. The Labute approximate surface area is 77.4 Å². The third-order valence-electron chi connectivity index (χ3n) is 1.97. The van der Waals surface area contributed by atoms with Gasteiger partial charge in [-0.25, -0.2) is 0 Å². The summed E-state index contributed by atoms with van der Waals surface area (Å²) in [5.74, 6) is -0.103. The maximum atomic E-state index is 11.2. The summed E-state index contributed by atoms with van der Waals surface area (Å²) in [6, 6.07) is 0. The van der Waals surface area contributed by atoms with Gasteiger partial charge in [-0.15, -0.1) is 11.6 Å². The van der Waals surface area contributed by atoms with E-state index in [9.17, 15) is 4.79 Å². The van der Waals surface area contributed by atoms with Crippen molar-refractivity contribution in [3.8, 4) is 0 Å². The van der Waals surface area contributed by atoms with Crippen LogP contribution in [0.3, 0.4) is 0 Å². The van der Waals surface area contributed by atoms with Gasteiger partial charge in [-0.05, 0) is 19.8 Å². The average molecular weight is 192 g/mol. The number of rotatable bonds is 2. The van der Waals surface area contributed by atoms with Crippen molar-refractivity contribution in [2.24, 2.45) is 5.92 Å². The van der Waals surface area contributed by atoms with Crippen molar-refractivity contribution >= 4 is 17.6 Å². The summed E-state index contributed by atoms with van der Waals surface area (Å²) in [5, 5.41) is 3.04. The summed E-state index contributed by atoms with van der Waals surface area (Å²) in [6.07, 6.45) is 1.67. The number of alkyl halides is 1. The van der Waals surface area contributed by atoms with E-state index in [1.165, 1.54) is 0 Å². The minimum atomic E-state index is -0.103. The molecule has 0 saturated carbocycles. The molecule has 1 saturated heterocycles. The lowest BCUT2D eigenvalue weighted by molar-refractivity contribution is -0.148. The summed E-state index contributed by atoms with van der Waals surface area (Å²) >= 11 is 5.80. The maximum Gasteiger partial charge on any atom is 0.310 e. The number of hydrogen-bond acceptors (Lipinski definition) is 3. The number of carbonyl (C=O) groups is 1. The number of piperidine rings is 1. The Hall–Kier alpha value is -0.280. The van der Waals surface area contributed by atoms with Crippen molar-refractivity contribution in [2.75, 3.05) is 13.2 Å². The van der Waals surface area contributed by atoms with Gasteiger partial charge in [-0.3, -0.25) is 4.79 Å². The van der Waals surface area contributed by atoms with Crippen LogP contribution < -0.4 is 5.32 Å². The molecule has 0 amide bonds. The molecule has 1 heterocycles. The SMILES string of the molecule is CCOC(=O)C1CCC(Cl)NC1. The van der Waals surface area contributed by atoms with Gasteiger partial charge in [0.15, 0.2) is 0 Å². The van der Waals surface area contributed by atoms with Crippen LogP contribution in [-0.2, 0) is 9.53 Å². The van der Waals surface area contributed by atoms with Crippen LogP contribution in [0.25, 0.3) is 0 Å². The molecule has 1 aliphatic rings. The molecule has 4 heteroatoms. The van der Waals surface area contributed by atoms with Gasteiger partial charge in [-0.2, -0.15) is 0 Å². The first-order valence-corrected chi connectivity index (χ1v) is 4.71. The van der Waals surface area contributed by atoms with Gasteiger partial charge < -0.3 is 10.1 Å². The standard InChI is InChI=1S/C8H14ClNO2/c1-2-12-8(11)6-3-4-7(9)10-5-6/h6-7,10H,2-5H2,1H3. The smallest absolute Gasteiger partial charge is 0.310 e. The van der Waals surface area contributed by atoms with Crippen LogP contribution in [0.4, 0.5) is 0 Å². The second-order valence-corrected chi connectivity index (χ2v) is 3.43. The molecule has 0 aromatic carbocycles. The lowest BCUT2D eigenvalue weighted by Crippen LogP contribution is -2.39. The van der Waals surface area contributed by atoms with Gasteiger partial charge in [-0.1, -0.05) is 0 Å². The van der Waals surface area contributed by atoms with Gasteiger partial charge in [0.25, 0.3) is 0 Å². The number of ether oxygens (including phenoxy) is 1. The molecule has 1 rings (SSSR count). The van der Waals surface area contributed by atoms with Crippen LogP contribution in [0.2, 0.25) is 0 Å². The Balaban J connectivity index is 2.29. The van der Waals surface area contributed by atoms with Crippen molar-refractivity contribution in [3.05, 3.63) is 0 Å². The fraction of sp³-hybridized carbons (Fsp3) is 0.875. The quantitative estimate of drug-likeness (QED) is 0.404. The number of esters is 1. The minimum absolute atomic E-state index is 0.0000463. The second-order valence-electron chi connectivity index (χ2n) is 2.90. The molecule has 0 radical (unpaired) electrons. The monoisotopic (exact) mass is 191 g/mol. The minimum Gasteiger partial charge on any atom is -0.466 e. The van der Waals surface area contributed by atoms with E-state index < -0.39 is 0 Å². The Morgan fingerprint density at radius 1 is 1.67 bits per heavy atom. The summed E-state index contributed by atoms with van der Waals surface area (Å²) in [4.78, 5) is 11.2. The number of carbonyl (C=O) groups excluding carboxylic acids is 1. The highest BCUT2D eigenvalue weighted by Crippen LogP contribution is 2.17. The van der Waals surface area contributed by atoms with E-state index in [0.29, 0.717) is 13.2 Å². The highest BCUT2D eigenvalue weighted by molar-refractivity contribution is 6.20. The predicted molar refractivity (Wildman–Crippen MR) is 47.0 cm³/mol. The molecule has 2 atom stereocenters. The van der Waals surface area contributed by atoms with Gasteiger partial charge in [0.1, 0.15) is 0 Å². The Bertz CT molecular complexity index is 155. The van der Waals surface area contributed by atoms with Crippen LogP contribution in [0.5, 0.6) is 0 Å². The molecular formula is C8H14ClNO2. The van der Waals surface area contributed by atoms with E-state index in [4.69, 9.17) is 16.3 Å². The van der Waals surface area contributed by atoms with Crippen LogP contribution in [0.1, 0.15) is 19.8 Å². The molecule has 1 N–H and O–H groups in total. The molecule has 1 fully saturated rings. The summed E-state index contributed by atoms with van der Waals surface area (Å²) in [5.41, 5.74) is 0.0238. The second kappa shape index (κ2) is 4.67. The molecule has 3 nitrogen and oxygen atoms in total. The third-order valence-corrected chi connectivity index (χ3v) is 2.35. The highest BCUT2D eigenvalue weighted by atomic mass is 35.5. The van der Waals surface area contributed by atoms with E-state index >= 15 is 0 Å². The number of hydrogen-bond donors (Lipinski definition) is 1. The zero-order valence-electron chi connectivity index (χ0n) is 7.18. The van der Waals surface area contributed by atoms with Crippen molar-refractivity contribution in [1.82, 2.24) is 5.32 Å². The van der Waals surface area contributed by atoms with Crippen LogP contribution in [0, 0.1) is 5.92 Å². The Morgan fingerprint density at radius 2 is 2.42 bits per heavy atom. The van der Waals surface area contributed by atoms with Crippen molar-refractivity contribution in [1.29, 1.82) is 0 Å². The zero-order chi connectivity index (χ0) is 8.97. The van der Waals surface area contributed by atoms with E-state index in [2.05, 4.69) is 5.32 Å². The highest BCUT2D eigenvalue weighted by Gasteiger charge is 2.25. The van der Waals surface area contributed by atoms with Crippen molar-refractivity contribution < 1.29 is 9.53 Å². The fourth-order valence-electron chi connectivity index (χ4n) is 1.28. The average Bonchev–Trinajstić information content (AvgIpc) is 2.06. The molecule has 12 heavy (non-hydrogen) atoms. The first-order chi connectivity index (χ1) is 5.74. The van der Waals surface area contributed by atoms with Crippen LogP contribution >= 0.6 is 11.6 Å². The molecular weight excluding hydrogens is 178 g/mol. The Kier molecular flexibility index (Phi) is 3.82. The summed E-state index contributed by atoms with van der Waals surface area (Å²) in [6.45, 7) is 2.92. The Morgan fingerprint density at radius 3 is 2.92 bits per heavy atom. The maximum absolute atomic E-state index is 11.2. The van der Waals surface area contributed by atoms with Gasteiger partial charge in [0, 0.05) is 6.54 Å². The van der Waals surface area contributed by atoms with E-state index in [-0.39, 0.29) is 17.4 Å². The van der Waals surface area contributed by atoms with Crippen LogP contribution in [-0.4, -0.2) is 24.6 Å². The first-order valence-electron chi connectivity index (χ1n) is 4.28. The normalized spacial score (nSPS) is 29.8. The van der Waals surface area contributed by atoms with Crippen molar-refractivity contribution in [2.45, 2.75) is 25.3 Å². The molecule has 70 valence electrons.